The second kappa shape index (κ2) is 5.55. The Morgan fingerprint density at radius 1 is 1.19 bits per heavy atom. The van der Waals surface area contributed by atoms with Crippen LogP contribution in [0, 0.1) is 17.8 Å². The number of likely N-dealkylation sites (tertiary alicyclic amines) is 1. The van der Waals surface area contributed by atoms with E-state index in [1.165, 1.54) is 4.90 Å². The van der Waals surface area contributed by atoms with Crippen LogP contribution in [0.5, 0.6) is 0 Å². The van der Waals surface area contributed by atoms with E-state index in [1.807, 2.05) is 46.0 Å². The minimum atomic E-state index is -1.15. The summed E-state index contributed by atoms with van der Waals surface area (Å²) in [5.41, 5.74) is -0.520. The first-order chi connectivity index (χ1) is 12.5. The standard InChI is InChI=1S/C20H24ClN3O3/c1-9(2)14-12-13(17(26)24(16(12)25)19(3,4)5)20(23-14)10-7-6-8-11(21)15(10)22-18(20)27/h6-9,12-14,23H,1-5H3,(H,22,27)/p+1/t12-,13-,14+,20+/m0/s1. The Hall–Kier alpha value is -1.92. The van der Waals surface area contributed by atoms with E-state index < -0.39 is 22.9 Å². The van der Waals surface area contributed by atoms with E-state index in [0.717, 1.165) is 0 Å². The van der Waals surface area contributed by atoms with E-state index in [4.69, 9.17) is 11.6 Å². The maximum Gasteiger partial charge on any atom is 0.291 e. The fraction of sp³-hybridized carbons (Fsp3) is 0.550. The smallest absolute Gasteiger partial charge is 0.291 e. The molecule has 0 aliphatic carbocycles. The third-order valence-electron chi connectivity index (χ3n) is 6.23. The Bertz CT molecular complexity index is 876. The van der Waals surface area contributed by atoms with Gasteiger partial charge in [-0.3, -0.25) is 19.3 Å². The van der Waals surface area contributed by atoms with Crippen LogP contribution in [0.25, 0.3) is 0 Å². The second-order valence-electron chi connectivity index (χ2n) is 9.16. The topological polar surface area (TPSA) is 83.1 Å². The predicted molar refractivity (Wildman–Crippen MR) is 101 cm³/mol. The number of hydrogen-bond acceptors (Lipinski definition) is 3. The zero-order chi connectivity index (χ0) is 19.9. The molecule has 0 radical (unpaired) electrons. The average Bonchev–Trinajstić information content (AvgIpc) is 3.13. The molecule has 3 heterocycles. The Morgan fingerprint density at radius 2 is 1.85 bits per heavy atom. The van der Waals surface area contributed by atoms with Crippen LogP contribution < -0.4 is 10.6 Å². The summed E-state index contributed by atoms with van der Waals surface area (Å²) < 4.78 is 0. The van der Waals surface area contributed by atoms with Gasteiger partial charge in [-0.25, -0.2) is 0 Å². The van der Waals surface area contributed by atoms with Gasteiger partial charge in [0.15, 0.2) is 0 Å². The average molecular weight is 391 g/mol. The summed E-state index contributed by atoms with van der Waals surface area (Å²) in [6.07, 6.45) is 0. The number of carbonyl (C=O) groups is 3. The SMILES string of the molecule is CC(C)[C@H]1[NH2+][C@@]2(C(=O)Nc3c(Cl)cccc32)[C@@H]2C(=O)N(C(C)(C)C)C(=O)[C@H]12. The maximum absolute atomic E-state index is 13.5. The van der Waals surface area contributed by atoms with Crippen LogP contribution >= 0.6 is 11.6 Å². The summed E-state index contributed by atoms with van der Waals surface area (Å²) in [4.78, 5) is 41.4. The molecule has 3 N–H and O–H groups in total. The number of nitrogens with one attached hydrogen (secondary N) is 1. The van der Waals surface area contributed by atoms with Gasteiger partial charge in [0.1, 0.15) is 17.9 Å². The zero-order valence-electron chi connectivity index (χ0n) is 16.2. The maximum atomic E-state index is 13.5. The van der Waals surface area contributed by atoms with Crippen molar-refractivity contribution in [3.63, 3.8) is 0 Å². The highest BCUT2D eigenvalue weighted by Crippen LogP contribution is 2.52. The van der Waals surface area contributed by atoms with Gasteiger partial charge in [-0.2, -0.15) is 0 Å². The molecule has 4 atom stereocenters. The number of imide groups is 1. The van der Waals surface area contributed by atoms with Crippen LogP contribution in [0.15, 0.2) is 18.2 Å². The van der Waals surface area contributed by atoms with Crippen molar-refractivity contribution in [2.24, 2.45) is 17.8 Å². The van der Waals surface area contributed by atoms with Crippen molar-refractivity contribution in [2.75, 3.05) is 5.32 Å². The molecule has 6 nitrogen and oxygen atoms in total. The Labute approximate surface area is 163 Å². The minimum absolute atomic E-state index is 0.129. The number of anilines is 1. The molecule has 3 aliphatic heterocycles. The molecule has 2 fully saturated rings. The number of para-hydroxylation sites is 1. The zero-order valence-corrected chi connectivity index (χ0v) is 16.9. The van der Waals surface area contributed by atoms with Crippen LogP contribution in [0.4, 0.5) is 5.69 Å². The van der Waals surface area contributed by atoms with Gasteiger partial charge >= 0.3 is 0 Å². The molecule has 1 aromatic carbocycles. The summed E-state index contributed by atoms with van der Waals surface area (Å²) in [6, 6.07) is 5.19. The number of fused-ring (bicyclic) bond motifs is 4. The van der Waals surface area contributed by atoms with Crippen molar-refractivity contribution in [1.29, 1.82) is 0 Å². The first-order valence-corrected chi connectivity index (χ1v) is 9.74. The van der Waals surface area contributed by atoms with E-state index in [0.29, 0.717) is 16.3 Å². The minimum Gasteiger partial charge on any atom is -0.326 e. The summed E-state index contributed by atoms with van der Waals surface area (Å²) in [6.45, 7) is 9.61. The quantitative estimate of drug-likeness (QED) is 0.712. The molecular formula is C20H25ClN3O3+. The molecule has 0 unspecified atom stereocenters. The molecule has 3 aliphatic rings. The Balaban J connectivity index is 1.95. The van der Waals surface area contributed by atoms with Crippen molar-refractivity contribution >= 4 is 35.0 Å². The first kappa shape index (κ1) is 18.4. The lowest BCUT2D eigenvalue weighted by molar-refractivity contribution is -0.738. The van der Waals surface area contributed by atoms with Crippen LogP contribution in [0.2, 0.25) is 5.02 Å². The molecule has 1 spiro atoms. The van der Waals surface area contributed by atoms with Crippen LogP contribution in [-0.4, -0.2) is 34.2 Å². The van der Waals surface area contributed by atoms with E-state index in [9.17, 15) is 14.4 Å². The van der Waals surface area contributed by atoms with Gasteiger partial charge in [-0.15, -0.1) is 0 Å². The number of hydrogen-bond donors (Lipinski definition) is 2. The van der Waals surface area contributed by atoms with Crippen LogP contribution in [0.3, 0.4) is 0 Å². The number of carbonyl (C=O) groups excluding carboxylic acids is 3. The Morgan fingerprint density at radius 3 is 2.44 bits per heavy atom. The summed E-state index contributed by atoms with van der Waals surface area (Å²) in [5.74, 6) is -1.82. The molecule has 0 aromatic heterocycles. The lowest BCUT2D eigenvalue weighted by atomic mass is 9.76. The van der Waals surface area contributed by atoms with E-state index >= 15 is 0 Å². The lowest BCUT2D eigenvalue weighted by Crippen LogP contribution is -2.99. The van der Waals surface area contributed by atoms with Crippen molar-refractivity contribution in [1.82, 2.24) is 4.90 Å². The molecule has 7 heteroatoms. The number of benzene rings is 1. The highest BCUT2D eigenvalue weighted by molar-refractivity contribution is 6.35. The van der Waals surface area contributed by atoms with Gasteiger partial charge in [0.2, 0.25) is 17.4 Å². The van der Waals surface area contributed by atoms with Crippen molar-refractivity contribution in [2.45, 2.75) is 51.7 Å². The molecule has 1 aromatic rings. The number of rotatable bonds is 1. The molecule has 0 saturated carbocycles. The van der Waals surface area contributed by atoms with Gasteiger partial charge in [0.25, 0.3) is 5.91 Å². The van der Waals surface area contributed by atoms with Crippen molar-refractivity contribution in [3.8, 4) is 0 Å². The molecular weight excluding hydrogens is 366 g/mol. The largest absolute Gasteiger partial charge is 0.326 e. The van der Waals surface area contributed by atoms with E-state index in [1.54, 1.807) is 12.1 Å². The van der Waals surface area contributed by atoms with Gasteiger partial charge < -0.3 is 10.6 Å². The number of amides is 3. The Kier molecular flexibility index (Phi) is 3.79. The molecule has 4 rings (SSSR count). The predicted octanol–water partition coefficient (Wildman–Crippen LogP) is 1.49. The van der Waals surface area contributed by atoms with E-state index in [-0.39, 0.29) is 29.7 Å². The van der Waals surface area contributed by atoms with Gasteiger partial charge in [0, 0.05) is 17.0 Å². The molecule has 27 heavy (non-hydrogen) atoms. The van der Waals surface area contributed by atoms with Crippen LogP contribution in [-0.2, 0) is 19.9 Å². The third-order valence-corrected chi connectivity index (χ3v) is 6.54. The van der Waals surface area contributed by atoms with Gasteiger partial charge in [-0.05, 0) is 32.9 Å². The van der Waals surface area contributed by atoms with Gasteiger partial charge in [-0.1, -0.05) is 31.5 Å². The van der Waals surface area contributed by atoms with Crippen molar-refractivity contribution < 1.29 is 19.7 Å². The highest BCUT2D eigenvalue weighted by Gasteiger charge is 2.75. The fourth-order valence-corrected chi connectivity index (χ4v) is 5.37. The molecule has 3 amide bonds. The van der Waals surface area contributed by atoms with Gasteiger partial charge in [0.05, 0.1) is 10.7 Å². The van der Waals surface area contributed by atoms with Crippen molar-refractivity contribution in [3.05, 3.63) is 28.8 Å². The number of nitrogens with two attached hydrogens (primary N) is 1. The van der Waals surface area contributed by atoms with Crippen LogP contribution in [0.1, 0.15) is 40.2 Å². The number of quaternary nitrogens is 1. The fourth-order valence-electron chi connectivity index (χ4n) is 5.15. The lowest BCUT2D eigenvalue weighted by Gasteiger charge is -2.33. The summed E-state index contributed by atoms with van der Waals surface area (Å²) in [5, 5.41) is 5.26. The summed E-state index contributed by atoms with van der Waals surface area (Å²) >= 11 is 6.31. The molecule has 2 saturated heterocycles. The highest BCUT2D eigenvalue weighted by atomic mass is 35.5. The van der Waals surface area contributed by atoms with E-state index in [2.05, 4.69) is 5.32 Å². The monoisotopic (exact) mass is 390 g/mol. The molecule has 0 bridgehead atoms. The number of nitrogens with zero attached hydrogens (tertiary/aromatic N) is 1. The number of halogens is 1. The second-order valence-corrected chi connectivity index (χ2v) is 9.57. The molecule has 144 valence electrons. The first-order valence-electron chi connectivity index (χ1n) is 9.36. The third kappa shape index (κ3) is 2.20. The normalized spacial score (nSPS) is 32.5. The summed E-state index contributed by atoms with van der Waals surface area (Å²) in [7, 11) is 0.